The second kappa shape index (κ2) is 56.2. The summed E-state index contributed by atoms with van der Waals surface area (Å²) in [5.41, 5.74) is 0. The highest BCUT2D eigenvalue weighted by atomic mass is 16.6. The minimum absolute atomic E-state index is 0.0811. The van der Waals surface area contributed by atoms with Gasteiger partial charge in [-0.25, -0.2) is 0 Å². The standard InChI is InChI=1S/C62H106O6/c1-4-7-10-13-16-18-20-22-24-26-27-28-29-30-31-32-33-34-35-36-38-39-41-43-46-49-52-55-61(64)67-58-59(57-66-60(63)54-51-48-45-15-12-9-6-3)68-62(65)56-53-50-47-44-42-40-37-25-23-21-19-17-14-11-8-5-2/h7,10,16,18,22,24-25,27-28,30-31,33-34,37,59H,4-6,8-9,11-15,17,19-21,23,26,29,32,35-36,38-58H2,1-3H3/b10-7-,18-16-,24-22-,28-27-,31-30-,34-33-,37-25-. The van der Waals surface area contributed by atoms with Crippen LogP contribution in [0.15, 0.2) is 85.1 Å². The summed E-state index contributed by atoms with van der Waals surface area (Å²) in [6.45, 7) is 6.47. The molecule has 0 saturated carbocycles. The summed E-state index contributed by atoms with van der Waals surface area (Å²) < 4.78 is 16.8. The van der Waals surface area contributed by atoms with Crippen molar-refractivity contribution in [3.05, 3.63) is 85.1 Å². The molecule has 0 spiro atoms. The van der Waals surface area contributed by atoms with Crippen LogP contribution in [0, 0.1) is 0 Å². The van der Waals surface area contributed by atoms with Gasteiger partial charge in [-0.15, -0.1) is 0 Å². The molecule has 0 saturated heterocycles. The molecule has 0 aromatic rings. The van der Waals surface area contributed by atoms with Gasteiger partial charge in [0.1, 0.15) is 13.2 Å². The molecule has 6 nitrogen and oxygen atoms in total. The number of rotatable bonds is 51. The second-order valence-electron chi connectivity index (χ2n) is 18.8. The van der Waals surface area contributed by atoms with E-state index in [4.69, 9.17) is 14.2 Å². The molecule has 1 atom stereocenters. The summed E-state index contributed by atoms with van der Waals surface area (Å²) in [5, 5.41) is 0. The van der Waals surface area contributed by atoms with Gasteiger partial charge in [0.15, 0.2) is 6.10 Å². The number of hydrogen-bond acceptors (Lipinski definition) is 6. The van der Waals surface area contributed by atoms with Crippen molar-refractivity contribution in [1.82, 2.24) is 0 Å². The maximum atomic E-state index is 12.8. The van der Waals surface area contributed by atoms with Crippen LogP contribution in [0.1, 0.15) is 271 Å². The van der Waals surface area contributed by atoms with Crippen molar-refractivity contribution in [2.45, 2.75) is 277 Å². The van der Waals surface area contributed by atoms with Gasteiger partial charge in [0.2, 0.25) is 0 Å². The Labute approximate surface area is 420 Å². The van der Waals surface area contributed by atoms with Crippen molar-refractivity contribution in [2.75, 3.05) is 13.2 Å². The minimum Gasteiger partial charge on any atom is -0.462 e. The van der Waals surface area contributed by atoms with Crippen LogP contribution in [0.25, 0.3) is 0 Å². The van der Waals surface area contributed by atoms with Crippen LogP contribution in [0.2, 0.25) is 0 Å². The van der Waals surface area contributed by atoms with Gasteiger partial charge in [-0.1, -0.05) is 241 Å². The van der Waals surface area contributed by atoms with Crippen LogP contribution in [0.3, 0.4) is 0 Å². The SMILES string of the molecule is CC/C=C\C/C=C\C/C=C\C/C=C\C/C=C\C/C=C\CCCCCCCCCCC(=O)OCC(COC(=O)CCCCCCCCC)OC(=O)CCCCCCC/C=C\CCCCCCCCC. The van der Waals surface area contributed by atoms with Gasteiger partial charge < -0.3 is 14.2 Å². The Hall–Kier alpha value is -3.41. The zero-order chi connectivity index (χ0) is 49.3. The first-order valence-corrected chi connectivity index (χ1v) is 28.6. The van der Waals surface area contributed by atoms with Crippen molar-refractivity contribution in [2.24, 2.45) is 0 Å². The lowest BCUT2D eigenvalue weighted by Gasteiger charge is -2.18. The third-order valence-corrected chi connectivity index (χ3v) is 12.1. The lowest BCUT2D eigenvalue weighted by Crippen LogP contribution is -2.30. The molecule has 0 bridgehead atoms. The fraction of sp³-hybridized carbons (Fsp3) is 0.726. The van der Waals surface area contributed by atoms with Crippen molar-refractivity contribution in [3.8, 4) is 0 Å². The topological polar surface area (TPSA) is 78.9 Å². The fourth-order valence-electron chi connectivity index (χ4n) is 7.85. The third kappa shape index (κ3) is 53.5. The van der Waals surface area contributed by atoms with Crippen molar-refractivity contribution >= 4 is 17.9 Å². The van der Waals surface area contributed by atoms with Gasteiger partial charge >= 0.3 is 17.9 Å². The Bertz CT molecular complexity index is 1320. The molecule has 1 unspecified atom stereocenters. The average molecular weight is 948 g/mol. The molecule has 0 aliphatic rings. The molecular formula is C62H106O6. The molecule has 0 fully saturated rings. The summed E-state index contributed by atoms with van der Waals surface area (Å²) in [5.74, 6) is -0.901. The molecular weight excluding hydrogens is 841 g/mol. The molecule has 0 amide bonds. The van der Waals surface area contributed by atoms with Crippen molar-refractivity contribution in [3.63, 3.8) is 0 Å². The average Bonchev–Trinajstić information content (AvgIpc) is 3.34. The number of hydrogen-bond donors (Lipinski definition) is 0. The lowest BCUT2D eigenvalue weighted by atomic mass is 10.1. The quantitative estimate of drug-likeness (QED) is 0.0262. The van der Waals surface area contributed by atoms with Gasteiger partial charge in [0, 0.05) is 19.3 Å². The van der Waals surface area contributed by atoms with E-state index in [1.165, 1.54) is 116 Å². The van der Waals surface area contributed by atoms with E-state index in [9.17, 15) is 14.4 Å². The van der Waals surface area contributed by atoms with Crippen LogP contribution >= 0.6 is 0 Å². The molecule has 0 aliphatic carbocycles. The van der Waals surface area contributed by atoms with E-state index in [0.29, 0.717) is 19.3 Å². The first kappa shape index (κ1) is 64.6. The molecule has 0 radical (unpaired) electrons. The Balaban J connectivity index is 4.20. The summed E-state index contributed by atoms with van der Waals surface area (Å²) in [6, 6.07) is 0. The molecule has 0 rings (SSSR count). The minimum atomic E-state index is -0.781. The zero-order valence-corrected chi connectivity index (χ0v) is 44.6. The Morgan fingerprint density at radius 2 is 0.574 bits per heavy atom. The molecule has 0 aromatic heterocycles. The molecule has 0 aliphatic heterocycles. The highest BCUT2D eigenvalue weighted by Gasteiger charge is 2.19. The number of unbranched alkanes of at least 4 members (excludes halogenated alkanes) is 26. The van der Waals surface area contributed by atoms with E-state index >= 15 is 0 Å². The van der Waals surface area contributed by atoms with E-state index in [1.807, 2.05) is 0 Å². The van der Waals surface area contributed by atoms with E-state index < -0.39 is 6.10 Å². The van der Waals surface area contributed by atoms with E-state index in [-0.39, 0.29) is 31.1 Å². The van der Waals surface area contributed by atoms with Gasteiger partial charge in [0.05, 0.1) is 0 Å². The monoisotopic (exact) mass is 947 g/mol. The Morgan fingerprint density at radius 1 is 0.309 bits per heavy atom. The number of esters is 3. The van der Waals surface area contributed by atoms with Crippen molar-refractivity contribution < 1.29 is 28.6 Å². The van der Waals surface area contributed by atoms with E-state index in [2.05, 4.69) is 106 Å². The van der Waals surface area contributed by atoms with E-state index in [0.717, 1.165) is 116 Å². The van der Waals surface area contributed by atoms with Crippen LogP contribution in [0.5, 0.6) is 0 Å². The van der Waals surface area contributed by atoms with Crippen LogP contribution in [-0.2, 0) is 28.6 Å². The Morgan fingerprint density at radius 3 is 0.912 bits per heavy atom. The maximum absolute atomic E-state index is 12.8. The first-order valence-electron chi connectivity index (χ1n) is 28.6. The van der Waals surface area contributed by atoms with Crippen LogP contribution in [0.4, 0.5) is 0 Å². The van der Waals surface area contributed by atoms with Gasteiger partial charge in [-0.05, 0) is 96.3 Å². The third-order valence-electron chi connectivity index (χ3n) is 12.1. The smallest absolute Gasteiger partial charge is 0.306 e. The number of carbonyl (C=O) groups is 3. The molecule has 390 valence electrons. The number of allylic oxidation sites excluding steroid dienone is 14. The zero-order valence-electron chi connectivity index (χ0n) is 44.6. The molecule has 0 aromatic carbocycles. The summed E-state index contributed by atoms with van der Waals surface area (Å²) in [4.78, 5) is 37.9. The number of ether oxygens (including phenoxy) is 3. The highest BCUT2D eigenvalue weighted by Crippen LogP contribution is 2.15. The van der Waals surface area contributed by atoms with E-state index in [1.54, 1.807) is 0 Å². The highest BCUT2D eigenvalue weighted by molar-refractivity contribution is 5.71. The summed E-state index contributed by atoms with van der Waals surface area (Å²) in [7, 11) is 0. The normalized spacial score (nSPS) is 12.7. The number of carbonyl (C=O) groups excluding carboxylic acids is 3. The summed E-state index contributed by atoms with van der Waals surface area (Å²) in [6.07, 6.45) is 73.1. The predicted octanol–water partition coefficient (Wildman–Crippen LogP) is 19.2. The maximum Gasteiger partial charge on any atom is 0.306 e. The predicted molar refractivity (Wildman–Crippen MR) is 293 cm³/mol. The van der Waals surface area contributed by atoms with Gasteiger partial charge in [-0.3, -0.25) is 14.4 Å². The largest absolute Gasteiger partial charge is 0.462 e. The lowest BCUT2D eigenvalue weighted by molar-refractivity contribution is -0.167. The fourth-order valence-corrected chi connectivity index (χ4v) is 7.85. The molecule has 0 N–H and O–H groups in total. The molecule has 68 heavy (non-hydrogen) atoms. The first-order chi connectivity index (χ1) is 33.5. The van der Waals surface area contributed by atoms with Gasteiger partial charge in [-0.2, -0.15) is 0 Å². The van der Waals surface area contributed by atoms with Crippen LogP contribution < -0.4 is 0 Å². The van der Waals surface area contributed by atoms with Crippen molar-refractivity contribution in [1.29, 1.82) is 0 Å². The Kier molecular flexibility index (Phi) is 53.4. The van der Waals surface area contributed by atoms with Gasteiger partial charge in [0.25, 0.3) is 0 Å². The summed E-state index contributed by atoms with van der Waals surface area (Å²) >= 11 is 0. The second-order valence-corrected chi connectivity index (χ2v) is 18.8. The molecule has 0 heterocycles. The molecule has 6 heteroatoms. The van der Waals surface area contributed by atoms with Crippen LogP contribution in [-0.4, -0.2) is 37.2 Å².